The van der Waals surface area contributed by atoms with Crippen molar-refractivity contribution in [2.45, 2.75) is 13.1 Å². The van der Waals surface area contributed by atoms with Crippen molar-refractivity contribution in [1.82, 2.24) is 0 Å². The molecule has 0 bridgehead atoms. The van der Waals surface area contributed by atoms with Crippen molar-refractivity contribution in [2.24, 2.45) is 0 Å². The van der Waals surface area contributed by atoms with Crippen LogP contribution < -0.4 is 0 Å². The molecule has 5 heteroatoms. The number of hydrogen-bond acceptors (Lipinski definition) is 1. The van der Waals surface area contributed by atoms with E-state index in [0.717, 1.165) is 12.1 Å². The Labute approximate surface area is 77.9 Å². The zero-order valence-electron chi connectivity index (χ0n) is 7.24. The number of alkyl halides is 3. The van der Waals surface area contributed by atoms with Gasteiger partial charge in [-0.15, -0.1) is 0 Å². The molecule has 1 rings (SSSR count). The highest BCUT2D eigenvalue weighted by Gasteiger charge is 2.31. The van der Waals surface area contributed by atoms with Gasteiger partial charge in [-0.2, -0.15) is 13.2 Å². The van der Waals surface area contributed by atoms with E-state index in [-0.39, 0.29) is 11.3 Å². The Morgan fingerprint density at radius 1 is 1.21 bits per heavy atom. The van der Waals surface area contributed by atoms with E-state index in [2.05, 4.69) is 0 Å². The number of nitrogens with one attached hydrogen (secondary N) is 1. The largest absolute Gasteiger partial charge is 0.416 e. The van der Waals surface area contributed by atoms with E-state index in [4.69, 9.17) is 5.41 Å². The molecule has 1 nitrogen and oxygen atoms in total. The van der Waals surface area contributed by atoms with Gasteiger partial charge >= 0.3 is 6.18 Å². The molecule has 0 aliphatic carbocycles. The minimum atomic E-state index is -4.58. The van der Waals surface area contributed by atoms with E-state index in [1.165, 1.54) is 6.92 Å². The van der Waals surface area contributed by atoms with Gasteiger partial charge in [0.15, 0.2) is 0 Å². The molecule has 0 saturated heterocycles. The summed E-state index contributed by atoms with van der Waals surface area (Å²) in [7, 11) is 0. The van der Waals surface area contributed by atoms with Crippen LogP contribution in [0, 0.1) is 11.2 Å². The maximum Gasteiger partial charge on any atom is 0.416 e. The summed E-state index contributed by atoms with van der Waals surface area (Å²) in [4.78, 5) is 0. The van der Waals surface area contributed by atoms with E-state index < -0.39 is 17.6 Å². The lowest BCUT2D eigenvalue weighted by molar-refractivity contribution is -0.137. The van der Waals surface area contributed by atoms with Gasteiger partial charge in [0.05, 0.1) is 5.56 Å². The van der Waals surface area contributed by atoms with Crippen LogP contribution in [0.15, 0.2) is 18.2 Å². The number of benzene rings is 1. The number of rotatable bonds is 1. The molecule has 0 unspecified atom stereocenters. The fraction of sp³-hybridized carbons (Fsp3) is 0.222. The average Bonchev–Trinajstić information content (AvgIpc) is 2.01. The summed E-state index contributed by atoms with van der Waals surface area (Å²) in [5.41, 5.74) is -1.23. The average molecular weight is 205 g/mol. The molecule has 1 aromatic carbocycles. The van der Waals surface area contributed by atoms with Crippen LogP contribution >= 0.6 is 0 Å². The second kappa shape index (κ2) is 3.40. The molecule has 76 valence electrons. The van der Waals surface area contributed by atoms with Crippen molar-refractivity contribution in [3.8, 4) is 0 Å². The Balaban J connectivity index is 3.28. The second-order valence-electron chi connectivity index (χ2n) is 2.85. The van der Waals surface area contributed by atoms with Crippen molar-refractivity contribution in [2.75, 3.05) is 0 Å². The summed E-state index contributed by atoms with van der Waals surface area (Å²) in [6.07, 6.45) is -4.58. The van der Waals surface area contributed by atoms with Gasteiger partial charge in [0.25, 0.3) is 0 Å². The third kappa shape index (κ3) is 2.31. The highest BCUT2D eigenvalue weighted by molar-refractivity contribution is 5.96. The first kappa shape index (κ1) is 10.7. The smallest absolute Gasteiger partial charge is 0.305 e. The van der Waals surface area contributed by atoms with Gasteiger partial charge in [-0.25, -0.2) is 4.39 Å². The van der Waals surface area contributed by atoms with Gasteiger partial charge in [0.2, 0.25) is 0 Å². The maximum atomic E-state index is 12.7. The Morgan fingerprint density at radius 2 is 1.79 bits per heavy atom. The van der Waals surface area contributed by atoms with E-state index in [1.807, 2.05) is 0 Å². The standard InChI is InChI=1S/C9H7F4N/c1-5(14)6-2-7(9(11,12)13)4-8(10)3-6/h2-4,14H,1H3. The molecule has 0 aliphatic rings. The summed E-state index contributed by atoms with van der Waals surface area (Å²) in [5, 5.41) is 7.10. The molecule has 1 N–H and O–H groups in total. The minimum absolute atomic E-state index is 0.0580. The fourth-order valence-electron chi connectivity index (χ4n) is 0.970. The molecule has 0 atom stereocenters. The number of halogens is 4. The molecule has 1 aromatic rings. The first-order valence-electron chi connectivity index (χ1n) is 3.74. The molecular formula is C9H7F4N. The second-order valence-corrected chi connectivity index (χ2v) is 2.85. The predicted octanol–water partition coefficient (Wildman–Crippen LogP) is 3.23. The molecule has 0 aliphatic heterocycles. The summed E-state index contributed by atoms with van der Waals surface area (Å²) in [5.74, 6) is -0.985. The maximum absolute atomic E-state index is 12.7. The van der Waals surface area contributed by atoms with Crippen LogP contribution in [0.25, 0.3) is 0 Å². The zero-order chi connectivity index (χ0) is 10.9. The van der Waals surface area contributed by atoms with Crippen LogP contribution in [-0.4, -0.2) is 5.71 Å². The molecule has 14 heavy (non-hydrogen) atoms. The SMILES string of the molecule is CC(=N)c1cc(F)cc(C(F)(F)F)c1. The van der Waals surface area contributed by atoms with Crippen LogP contribution in [0.2, 0.25) is 0 Å². The summed E-state index contributed by atoms with van der Waals surface area (Å²) in [6, 6.07) is 2.06. The van der Waals surface area contributed by atoms with E-state index in [1.54, 1.807) is 0 Å². The lowest BCUT2D eigenvalue weighted by Crippen LogP contribution is -2.07. The van der Waals surface area contributed by atoms with Crippen molar-refractivity contribution < 1.29 is 17.6 Å². The van der Waals surface area contributed by atoms with Crippen LogP contribution in [0.5, 0.6) is 0 Å². The summed E-state index contributed by atoms with van der Waals surface area (Å²) >= 11 is 0. The zero-order valence-corrected chi connectivity index (χ0v) is 7.24. The van der Waals surface area contributed by atoms with Crippen LogP contribution in [0.4, 0.5) is 17.6 Å². The van der Waals surface area contributed by atoms with Crippen molar-refractivity contribution in [3.05, 3.63) is 35.1 Å². The van der Waals surface area contributed by atoms with E-state index >= 15 is 0 Å². The molecule has 0 spiro atoms. The predicted molar refractivity (Wildman–Crippen MR) is 43.9 cm³/mol. The van der Waals surface area contributed by atoms with Gasteiger partial charge in [-0.1, -0.05) is 0 Å². The van der Waals surface area contributed by atoms with Gasteiger partial charge in [0, 0.05) is 5.71 Å². The van der Waals surface area contributed by atoms with Crippen LogP contribution in [-0.2, 0) is 6.18 Å². The number of hydrogen-bond donors (Lipinski definition) is 1. The highest BCUT2D eigenvalue weighted by atomic mass is 19.4. The third-order valence-corrected chi connectivity index (χ3v) is 1.66. The molecular weight excluding hydrogens is 198 g/mol. The molecule has 0 fully saturated rings. The Hall–Kier alpha value is -1.39. The first-order valence-corrected chi connectivity index (χ1v) is 3.74. The monoisotopic (exact) mass is 205 g/mol. The Morgan fingerprint density at radius 3 is 2.21 bits per heavy atom. The third-order valence-electron chi connectivity index (χ3n) is 1.66. The van der Waals surface area contributed by atoms with Crippen LogP contribution in [0.1, 0.15) is 18.1 Å². The highest BCUT2D eigenvalue weighted by Crippen LogP contribution is 2.30. The van der Waals surface area contributed by atoms with E-state index in [0.29, 0.717) is 6.07 Å². The lowest BCUT2D eigenvalue weighted by Gasteiger charge is -2.08. The topological polar surface area (TPSA) is 23.9 Å². The summed E-state index contributed by atoms with van der Waals surface area (Å²) in [6.45, 7) is 1.30. The first-order chi connectivity index (χ1) is 6.30. The van der Waals surface area contributed by atoms with Crippen LogP contribution in [0.3, 0.4) is 0 Å². The molecule has 0 amide bonds. The molecule has 0 heterocycles. The van der Waals surface area contributed by atoms with Crippen molar-refractivity contribution in [1.29, 1.82) is 5.41 Å². The van der Waals surface area contributed by atoms with Crippen molar-refractivity contribution >= 4 is 5.71 Å². The summed E-state index contributed by atoms with van der Waals surface area (Å²) < 4.78 is 49.2. The van der Waals surface area contributed by atoms with Gasteiger partial charge in [-0.3, -0.25) is 0 Å². The molecule has 0 radical (unpaired) electrons. The van der Waals surface area contributed by atoms with Gasteiger partial charge < -0.3 is 5.41 Å². The molecule has 0 saturated carbocycles. The Bertz CT molecular complexity index is 368. The fourth-order valence-corrected chi connectivity index (χ4v) is 0.970. The quantitative estimate of drug-likeness (QED) is 0.537. The van der Waals surface area contributed by atoms with Gasteiger partial charge in [0.1, 0.15) is 5.82 Å². The van der Waals surface area contributed by atoms with Gasteiger partial charge in [-0.05, 0) is 30.7 Å². The normalized spacial score (nSPS) is 11.5. The minimum Gasteiger partial charge on any atom is -0.305 e. The van der Waals surface area contributed by atoms with Crippen molar-refractivity contribution in [3.63, 3.8) is 0 Å². The lowest BCUT2D eigenvalue weighted by atomic mass is 10.1. The van der Waals surface area contributed by atoms with E-state index in [9.17, 15) is 17.6 Å². The molecule has 0 aromatic heterocycles. The Kier molecular flexibility index (Phi) is 2.59.